The van der Waals surface area contributed by atoms with E-state index in [9.17, 15) is 12.8 Å². The number of para-hydroxylation sites is 1. The summed E-state index contributed by atoms with van der Waals surface area (Å²) >= 11 is 0. The van der Waals surface area contributed by atoms with Crippen LogP contribution >= 0.6 is 0 Å². The minimum absolute atomic E-state index is 0.190. The van der Waals surface area contributed by atoms with Crippen LogP contribution in [0.3, 0.4) is 0 Å². The van der Waals surface area contributed by atoms with Crippen molar-refractivity contribution in [2.45, 2.75) is 6.92 Å². The standard InChI is InChI=1S/C11H10FN2O3S/c1-8-5-14(7-13-8)11-9(6-17-18(15)16)3-2-4-10(11)12/h2-7,18H,1H3. The maximum atomic E-state index is 13.8. The van der Waals surface area contributed by atoms with E-state index in [1.165, 1.54) is 23.0 Å². The van der Waals surface area contributed by atoms with Crippen LogP contribution in [-0.2, 0) is 15.2 Å². The zero-order chi connectivity index (χ0) is 13.1. The number of hydrogen-bond donors (Lipinski definition) is 1. The van der Waals surface area contributed by atoms with Crippen LogP contribution in [0.15, 0.2) is 30.7 Å². The summed E-state index contributed by atoms with van der Waals surface area (Å²) in [4.78, 5) is 3.99. The summed E-state index contributed by atoms with van der Waals surface area (Å²) in [5, 5.41) is 0. The van der Waals surface area contributed by atoms with Crippen molar-refractivity contribution >= 4 is 11.0 Å². The van der Waals surface area contributed by atoms with Gasteiger partial charge in [0.15, 0.2) is 0 Å². The van der Waals surface area contributed by atoms with Crippen LogP contribution in [0.5, 0.6) is 0 Å². The molecule has 0 fully saturated rings. The number of aryl methyl sites for hydroxylation is 1. The van der Waals surface area contributed by atoms with E-state index in [2.05, 4.69) is 9.17 Å². The summed E-state index contributed by atoms with van der Waals surface area (Å²) in [6.45, 7) is 2.76. The van der Waals surface area contributed by atoms with Gasteiger partial charge in [-0.05, 0) is 13.0 Å². The minimum atomic E-state index is -3.01. The smallest absolute Gasteiger partial charge is 0.257 e. The molecule has 95 valence electrons. The molecule has 0 atom stereocenters. The summed E-state index contributed by atoms with van der Waals surface area (Å²) in [5.74, 6) is -0.495. The lowest BCUT2D eigenvalue weighted by Gasteiger charge is -2.09. The van der Waals surface area contributed by atoms with E-state index < -0.39 is 16.8 Å². The average molecular weight is 269 g/mol. The number of thiol groups is 1. The molecule has 1 radical (unpaired) electrons. The molecule has 7 heteroatoms. The normalized spacial score (nSPS) is 11.1. The quantitative estimate of drug-likeness (QED) is 0.852. The van der Waals surface area contributed by atoms with Crippen LogP contribution in [0.2, 0.25) is 0 Å². The zero-order valence-electron chi connectivity index (χ0n) is 9.41. The van der Waals surface area contributed by atoms with Gasteiger partial charge in [0.2, 0.25) is 0 Å². The molecule has 1 heterocycles. The molecule has 0 bridgehead atoms. The Hall–Kier alpha value is -1.73. The van der Waals surface area contributed by atoms with Gasteiger partial charge in [-0.1, -0.05) is 12.1 Å². The summed E-state index contributed by atoms with van der Waals surface area (Å²) in [7, 11) is -3.01. The molecular formula is C11H10FN2O3S. The summed E-state index contributed by atoms with van der Waals surface area (Å²) in [6.07, 6.45) is 3.08. The van der Waals surface area contributed by atoms with Gasteiger partial charge in [-0.2, -0.15) is 0 Å². The first kappa shape index (κ1) is 12.7. The van der Waals surface area contributed by atoms with E-state index in [0.717, 1.165) is 12.3 Å². The first-order valence-corrected chi connectivity index (χ1v) is 6.11. The average Bonchev–Trinajstić information content (AvgIpc) is 2.72. The molecule has 0 spiro atoms. The van der Waals surface area contributed by atoms with Crippen molar-refractivity contribution in [3.05, 3.63) is 54.4 Å². The van der Waals surface area contributed by atoms with E-state index in [1.807, 2.05) is 0 Å². The van der Waals surface area contributed by atoms with E-state index in [1.54, 1.807) is 19.2 Å². The highest BCUT2D eigenvalue weighted by molar-refractivity contribution is 7.67. The third kappa shape index (κ3) is 2.74. The topological polar surface area (TPSA) is 61.2 Å². The van der Waals surface area contributed by atoms with Gasteiger partial charge in [0, 0.05) is 11.8 Å². The lowest BCUT2D eigenvalue weighted by atomic mass is 10.2. The SMILES string of the molecule is Cc1cn(-c2c(F)cccc2[CH]O[SH](=O)=O)cn1. The molecular weight excluding hydrogens is 259 g/mol. The lowest BCUT2D eigenvalue weighted by Crippen LogP contribution is -2.01. The predicted molar refractivity (Wildman–Crippen MR) is 63.1 cm³/mol. The van der Waals surface area contributed by atoms with Crippen molar-refractivity contribution in [2.24, 2.45) is 0 Å². The summed E-state index contributed by atoms with van der Waals surface area (Å²) < 4.78 is 40.4. The Morgan fingerprint density at radius 2 is 2.22 bits per heavy atom. The monoisotopic (exact) mass is 269 g/mol. The van der Waals surface area contributed by atoms with Crippen molar-refractivity contribution in [2.75, 3.05) is 0 Å². The van der Waals surface area contributed by atoms with Gasteiger partial charge < -0.3 is 4.57 Å². The van der Waals surface area contributed by atoms with Gasteiger partial charge in [0.25, 0.3) is 11.0 Å². The number of nitrogens with zero attached hydrogens (tertiary/aromatic N) is 2. The molecule has 0 unspecified atom stereocenters. The highest BCUT2D eigenvalue weighted by Gasteiger charge is 2.11. The molecule has 1 aromatic heterocycles. The van der Waals surface area contributed by atoms with E-state index >= 15 is 0 Å². The van der Waals surface area contributed by atoms with Gasteiger partial charge in [-0.3, -0.25) is 4.18 Å². The van der Waals surface area contributed by atoms with Crippen LogP contribution in [-0.4, -0.2) is 18.0 Å². The van der Waals surface area contributed by atoms with Crippen LogP contribution in [0.1, 0.15) is 11.3 Å². The van der Waals surface area contributed by atoms with Crippen LogP contribution in [0.4, 0.5) is 4.39 Å². The molecule has 0 amide bonds. The Kier molecular flexibility index (Phi) is 3.73. The second-order valence-corrected chi connectivity index (χ2v) is 4.20. The number of halogens is 1. The molecule has 0 saturated heterocycles. The molecule has 0 N–H and O–H groups in total. The Balaban J connectivity index is 2.44. The molecule has 0 aliphatic rings. The van der Waals surface area contributed by atoms with E-state index in [0.29, 0.717) is 5.56 Å². The van der Waals surface area contributed by atoms with E-state index in [4.69, 9.17) is 0 Å². The van der Waals surface area contributed by atoms with Gasteiger partial charge in [-0.25, -0.2) is 17.8 Å². The molecule has 1 aromatic carbocycles. The largest absolute Gasteiger partial charge is 0.303 e. The van der Waals surface area contributed by atoms with Crippen molar-refractivity contribution in [1.82, 2.24) is 9.55 Å². The first-order valence-electron chi connectivity index (χ1n) is 5.02. The predicted octanol–water partition coefficient (Wildman–Crippen LogP) is 1.37. The fourth-order valence-corrected chi connectivity index (χ4v) is 1.74. The second kappa shape index (κ2) is 5.28. The number of benzene rings is 1. The molecule has 2 rings (SSSR count). The van der Waals surface area contributed by atoms with Gasteiger partial charge >= 0.3 is 0 Å². The Labute approximate surface area is 105 Å². The van der Waals surface area contributed by atoms with E-state index in [-0.39, 0.29) is 5.69 Å². The number of hydrogen-bond acceptors (Lipinski definition) is 4. The van der Waals surface area contributed by atoms with Crippen molar-refractivity contribution < 1.29 is 17.0 Å². The lowest BCUT2D eigenvalue weighted by molar-refractivity contribution is 0.428. The van der Waals surface area contributed by atoms with Gasteiger partial charge in [-0.15, -0.1) is 0 Å². The molecule has 0 saturated carbocycles. The summed E-state index contributed by atoms with van der Waals surface area (Å²) in [5.41, 5.74) is 1.22. The van der Waals surface area contributed by atoms with Gasteiger partial charge in [0.1, 0.15) is 12.4 Å². The Morgan fingerprint density at radius 3 is 2.83 bits per heavy atom. The number of imidazole rings is 1. The molecule has 18 heavy (non-hydrogen) atoms. The minimum Gasteiger partial charge on any atom is -0.303 e. The molecule has 0 aliphatic heterocycles. The fourth-order valence-electron chi connectivity index (χ4n) is 1.54. The number of rotatable bonds is 4. The van der Waals surface area contributed by atoms with Gasteiger partial charge in [0.05, 0.1) is 17.7 Å². The third-order valence-electron chi connectivity index (χ3n) is 2.25. The molecule has 5 nitrogen and oxygen atoms in total. The zero-order valence-corrected chi connectivity index (χ0v) is 10.3. The van der Waals surface area contributed by atoms with Crippen molar-refractivity contribution in [3.8, 4) is 5.69 Å². The molecule has 2 aromatic rings. The van der Waals surface area contributed by atoms with Crippen molar-refractivity contribution in [3.63, 3.8) is 0 Å². The maximum Gasteiger partial charge on any atom is 0.257 e. The first-order chi connectivity index (χ1) is 8.58. The summed E-state index contributed by atoms with van der Waals surface area (Å²) in [6, 6.07) is 4.29. The third-order valence-corrected chi connectivity index (χ3v) is 2.53. The highest BCUT2D eigenvalue weighted by Crippen LogP contribution is 2.20. The van der Waals surface area contributed by atoms with Crippen molar-refractivity contribution in [1.29, 1.82) is 0 Å². The van der Waals surface area contributed by atoms with Crippen LogP contribution in [0, 0.1) is 19.3 Å². The molecule has 0 aliphatic carbocycles. The fraction of sp³-hybridized carbons (Fsp3) is 0.0909. The highest BCUT2D eigenvalue weighted by atomic mass is 32.2. The van der Waals surface area contributed by atoms with Crippen LogP contribution < -0.4 is 0 Å². The Morgan fingerprint density at radius 1 is 1.44 bits per heavy atom. The van der Waals surface area contributed by atoms with Crippen LogP contribution in [0.25, 0.3) is 5.69 Å². The number of aromatic nitrogens is 2. The maximum absolute atomic E-state index is 13.8. The second-order valence-electron chi connectivity index (χ2n) is 3.55. The Bertz CT molecular complexity index is 629.